The second-order valence-corrected chi connectivity index (χ2v) is 53.2. The van der Waals surface area contributed by atoms with Crippen LogP contribution in [0.25, 0.3) is 0 Å². The van der Waals surface area contributed by atoms with Crippen molar-refractivity contribution in [1.29, 1.82) is 0 Å². The minimum atomic E-state index is -1.35. The predicted octanol–water partition coefficient (Wildman–Crippen LogP) is 13.3. The van der Waals surface area contributed by atoms with E-state index in [1.807, 2.05) is 0 Å². The van der Waals surface area contributed by atoms with Gasteiger partial charge in [-0.2, -0.15) is 0 Å². The van der Waals surface area contributed by atoms with Gasteiger partial charge < -0.3 is 0 Å². The van der Waals surface area contributed by atoms with Crippen molar-refractivity contribution < 1.29 is 0 Å². The van der Waals surface area contributed by atoms with Gasteiger partial charge in [0, 0.05) is 67.5 Å². The van der Waals surface area contributed by atoms with E-state index in [9.17, 15) is 0 Å². The van der Waals surface area contributed by atoms with Crippen LogP contribution in [-0.4, -0.2) is 85.1 Å². The van der Waals surface area contributed by atoms with Gasteiger partial charge in [0.25, 0.3) is 0 Å². The average Bonchev–Trinajstić information content (AvgIpc) is 2.65. The molecule has 0 fully saturated rings. The number of hydrogen-bond donors (Lipinski definition) is 0. The zero-order valence-electron chi connectivity index (χ0n) is 36.0. The number of rotatable bonds is 3. The summed E-state index contributed by atoms with van der Waals surface area (Å²) in [6, 6.07) is 0. The van der Waals surface area contributed by atoms with Gasteiger partial charge in [-0.3, -0.25) is 0 Å². The van der Waals surface area contributed by atoms with Crippen LogP contribution >= 0.6 is 0 Å². The zero-order chi connectivity index (χ0) is 35.6. The second-order valence-electron chi connectivity index (χ2n) is 21.8. The third-order valence-corrected chi connectivity index (χ3v) is 59.1. The average molecular weight is 831 g/mol. The Hall–Kier alpha value is 2.39. The van der Waals surface area contributed by atoms with Crippen LogP contribution in [-0.2, 0) is 0 Å². The molecule has 0 saturated carbocycles. The fourth-order valence-electron chi connectivity index (χ4n) is 5.50. The first-order valence-corrected chi connectivity index (χ1v) is 30.8. The molecule has 0 saturated heterocycles. The van der Waals surface area contributed by atoms with Crippen molar-refractivity contribution in [2.24, 2.45) is 0 Å². The molecule has 8 heteroatoms. The van der Waals surface area contributed by atoms with E-state index >= 15 is 0 Å². The maximum absolute atomic E-state index is 2.69. The van der Waals surface area contributed by atoms with Crippen molar-refractivity contribution in [2.75, 3.05) is 0 Å². The summed E-state index contributed by atoms with van der Waals surface area (Å²) < 4.78 is 0. The maximum atomic E-state index is 2.69. The Balaban J connectivity index is -0.000000193. The van der Waals surface area contributed by atoms with Gasteiger partial charge in [0.1, 0.15) is 0 Å². The van der Waals surface area contributed by atoms with Gasteiger partial charge in [-0.15, -0.1) is 0 Å². The van der Waals surface area contributed by atoms with E-state index in [1.54, 1.807) is 0 Å². The molecular formula is C36H84Ge2Si6. The van der Waals surface area contributed by atoms with Gasteiger partial charge >= 0.3 is 0 Å². The molecule has 0 unspecified atom stereocenters. The van der Waals surface area contributed by atoms with Crippen LogP contribution in [0.1, 0.15) is 166 Å². The summed E-state index contributed by atoms with van der Waals surface area (Å²) >= 11 is 0. The first-order valence-electron chi connectivity index (χ1n) is 16.8. The molecule has 0 aromatic heterocycles. The van der Waals surface area contributed by atoms with Crippen LogP contribution in [0.2, 0.25) is 66.5 Å². The van der Waals surface area contributed by atoms with Gasteiger partial charge in [-0.1, -0.05) is 192 Å². The third-order valence-electron chi connectivity index (χ3n) is 11.1. The molecule has 0 aliphatic carbocycles. The Morgan fingerprint density at radius 2 is 0.432 bits per heavy atom. The molecule has 0 rings (SSSR count). The smallest absolute Gasteiger partial charge is 0.0561 e. The van der Waals surface area contributed by atoms with E-state index in [0.29, 0.717) is 40.3 Å². The summed E-state index contributed by atoms with van der Waals surface area (Å²) in [5.74, 6) is 0. The molecule has 0 nitrogen and oxygen atoms in total. The molecule has 14 radical (unpaired) electrons. The topological polar surface area (TPSA) is 0 Å². The fourth-order valence-corrected chi connectivity index (χ4v) is 54.0. The van der Waals surface area contributed by atoms with Crippen LogP contribution in [0.3, 0.4) is 0 Å². The summed E-state index contributed by atoms with van der Waals surface area (Å²) in [7, 11) is -0.720. The first-order chi connectivity index (χ1) is 17.5. The van der Waals surface area contributed by atoms with Crippen LogP contribution in [0.15, 0.2) is 0 Å². The Kier molecular flexibility index (Phi) is 22.9. The van der Waals surface area contributed by atoms with E-state index < -0.39 is 15.2 Å². The summed E-state index contributed by atoms with van der Waals surface area (Å²) in [4.78, 5) is 0. The van der Waals surface area contributed by atoms with Gasteiger partial charge in [0.05, 0.1) is 17.6 Å². The van der Waals surface area contributed by atoms with E-state index in [-0.39, 0.29) is 52.8 Å². The molecule has 0 aliphatic rings. The molecule has 0 atom stereocenters. The van der Waals surface area contributed by atoms with Gasteiger partial charge in [0.2, 0.25) is 0 Å². The molecule has 0 amide bonds. The van der Waals surface area contributed by atoms with Crippen molar-refractivity contribution in [3.63, 3.8) is 0 Å². The van der Waals surface area contributed by atoms with E-state index in [2.05, 4.69) is 192 Å². The fraction of sp³-hybridized carbons (Fsp3) is 1.00. The number of hydrogen-bond acceptors (Lipinski definition) is 0. The largest absolute Gasteiger partial charge is 0.0710 e. The van der Waals surface area contributed by atoms with Crippen molar-refractivity contribution in [1.82, 2.24) is 0 Å². The summed E-state index contributed by atoms with van der Waals surface area (Å²) in [5.41, 5.74) is 0. The van der Waals surface area contributed by atoms with Crippen molar-refractivity contribution in [3.05, 3.63) is 0 Å². The summed E-state index contributed by atoms with van der Waals surface area (Å²) in [5, 5.41) is 4.13. The van der Waals surface area contributed by atoms with Gasteiger partial charge in [-0.25, -0.2) is 0 Å². The Morgan fingerprint density at radius 1 is 0.318 bits per heavy atom. The van der Waals surface area contributed by atoms with Crippen molar-refractivity contribution in [3.8, 4) is 0 Å². The molecule has 260 valence electrons. The molecule has 0 aromatic rings. The summed E-state index contributed by atoms with van der Waals surface area (Å²) in [6.45, 7) is 68.6. The van der Waals surface area contributed by atoms with Crippen LogP contribution < -0.4 is 0 Å². The van der Waals surface area contributed by atoms with Gasteiger partial charge in [0.15, 0.2) is 0 Å². The second kappa shape index (κ2) is 18.0. The molecule has 0 bridgehead atoms. The Labute approximate surface area is 315 Å². The maximum Gasteiger partial charge on any atom is 0.0561 e. The molecule has 44 heavy (non-hydrogen) atoms. The zero-order valence-corrected chi connectivity index (χ0v) is 46.2. The van der Waals surface area contributed by atoms with Crippen LogP contribution in [0, 0.1) is 0 Å². The van der Waals surface area contributed by atoms with E-state index in [0.717, 1.165) is 0 Å². The Morgan fingerprint density at radius 3 is 0.477 bits per heavy atom. The minimum Gasteiger partial charge on any atom is -0.0710 e. The molecule has 0 heterocycles. The quantitative estimate of drug-likeness (QED) is 0.249. The SMILES string of the molecule is CC(C)(C)[Si](C)([Si][Si][Si](C)(C(C)(C)C)C(C)(C)C)C(C)(C)C.C[Si](C(C)(C)C)C(C)(C)C.C[Si](C(C)(C)C)C(C)(C)C.[Ge].[Ge]. The minimum absolute atomic E-state index is 0. The van der Waals surface area contributed by atoms with E-state index in [4.69, 9.17) is 0 Å². The van der Waals surface area contributed by atoms with Crippen LogP contribution in [0.5, 0.6) is 0 Å². The van der Waals surface area contributed by atoms with E-state index in [1.165, 1.54) is 17.1 Å². The molecule has 0 spiro atoms. The first kappa shape index (κ1) is 55.8. The summed E-state index contributed by atoms with van der Waals surface area (Å²) in [6.07, 6.45) is 0. The van der Waals surface area contributed by atoms with Crippen LogP contribution in [0.4, 0.5) is 0 Å². The van der Waals surface area contributed by atoms with Gasteiger partial charge in [-0.05, 0) is 40.3 Å². The van der Waals surface area contributed by atoms with Crippen molar-refractivity contribution >= 4 is 85.1 Å². The Bertz CT molecular complexity index is 660. The molecule has 0 N–H and O–H groups in total. The third kappa shape index (κ3) is 17.4. The normalized spacial score (nSPS) is 14.6. The monoisotopic (exact) mass is 832 g/mol. The standard InChI is InChI=1S/C18H42Si4.2C9H21Si.2Ge/c1-15(2,3)21(13,16(4,5)6)19-20-22(14,17(7,8)9)18(10,11)12;2*1-8(2,3)10(7)9(4,5)6;;/h1-14H3;2*1-7H3;;. The molecule has 0 aliphatic heterocycles. The van der Waals surface area contributed by atoms with Crippen molar-refractivity contribution in [2.45, 2.75) is 233 Å². The molecule has 0 aromatic carbocycles. The predicted molar refractivity (Wildman–Crippen MR) is 227 cm³/mol. The molecular weight excluding hydrogens is 746 g/mol.